The number of pyridine rings is 1. The molecule has 1 aliphatic heterocycles. The van der Waals surface area contributed by atoms with Crippen LogP contribution >= 0.6 is 0 Å². The molecule has 0 bridgehead atoms. The smallest absolute Gasteiger partial charge is 0.280 e. The van der Waals surface area contributed by atoms with Crippen LogP contribution in [0.5, 0.6) is 0 Å². The summed E-state index contributed by atoms with van der Waals surface area (Å²) in [5.74, 6) is 0.764. The highest BCUT2D eigenvalue weighted by molar-refractivity contribution is 6.05. The van der Waals surface area contributed by atoms with E-state index in [2.05, 4.69) is 10.1 Å². The molecule has 2 aliphatic rings. The lowest BCUT2D eigenvalue weighted by molar-refractivity contribution is 0.0909. The van der Waals surface area contributed by atoms with Gasteiger partial charge in [-0.1, -0.05) is 5.16 Å². The predicted octanol–water partition coefficient (Wildman–Crippen LogP) is 2.77. The molecule has 1 atom stereocenters. The van der Waals surface area contributed by atoms with Crippen LogP contribution in [0.25, 0.3) is 0 Å². The lowest BCUT2D eigenvalue weighted by Gasteiger charge is -2.25. The van der Waals surface area contributed by atoms with Crippen LogP contribution in [0.15, 0.2) is 29.0 Å². The van der Waals surface area contributed by atoms with Gasteiger partial charge in [-0.05, 0) is 44.2 Å². The summed E-state index contributed by atoms with van der Waals surface area (Å²) in [5.41, 5.74) is 2.26. The summed E-state index contributed by atoms with van der Waals surface area (Å²) in [6, 6.07) is 3.69. The Balaban J connectivity index is 1.64. The second-order valence-electron chi connectivity index (χ2n) is 6.40. The van der Waals surface area contributed by atoms with Gasteiger partial charge in [0.15, 0.2) is 5.69 Å². The van der Waals surface area contributed by atoms with Gasteiger partial charge in [-0.2, -0.15) is 0 Å². The zero-order valence-electron chi connectivity index (χ0n) is 13.6. The van der Waals surface area contributed by atoms with E-state index in [0.717, 1.165) is 62.1 Å². The van der Waals surface area contributed by atoms with E-state index in [-0.39, 0.29) is 12.0 Å². The van der Waals surface area contributed by atoms with E-state index in [4.69, 9.17) is 9.26 Å². The monoisotopic (exact) mass is 327 g/mol. The Morgan fingerprint density at radius 3 is 2.83 bits per heavy atom. The lowest BCUT2D eigenvalue weighted by atomic mass is 9.96. The molecule has 0 unspecified atom stereocenters. The molecular formula is C18H21N3O3. The third-order valence-corrected chi connectivity index (χ3v) is 4.78. The number of hydrogen-bond donors (Lipinski definition) is 0. The van der Waals surface area contributed by atoms with Gasteiger partial charge >= 0.3 is 0 Å². The number of nitrogens with zero attached hydrogens (tertiary/aromatic N) is 3. The summed E-state index contributed by atoms with van der Waals surface area (Å²) >= 11 is 0. The number of rotatable bonds is 4. The topological polar surface area (TPSA) is 68.5 Å². The first-order valence-corrected chi connectivity index (χ1v) is 8.64. The molecule has 126 valence electrons. The van der Waals surface area contributed by atoms with E-state index in [1.807, 2.05) is 12.1 Å². The molecule has 1 fully saturated rings. The van der Waals surface area contributed by atoms with Crippen LogP contribution in [0.1, 0.15) is 47.5 Å². The van der Waals surface area contributed by atoms with Gasteiger partial charge in [-0.15, -0.1) is 0 Å². The van der Waals surface area contributed by atoms with Crippen LogP contribution in [-0.2, 0) is 17.6 Å². The van der Waals surface area contributed by atoms with Gasteiger partial charge in [0.05, 0.1) is 12.6 Å². The minimum Gasteiger partial charge on any atom is -0.376 e. The van der Waals surface area contributed by atoms with E-state index in [1.165, 1.54) is 0 Å². The Morgan fingerprint density at radius 1 is 1.21 bits per heavy atom. The SMILES string of the molecule is O=C(c1noc2c1CCCC2)N(C[C@H]1CCCO1)c1ccncc1. The van der Waals surface area contributed by atoms with Crippen molar-refractivity contribution >= 4 is 11.6 Å². The Morgan fingerprint density at radius 2 is 2.04 bits per heavy atom. The van der Waals surface area contributed by atoms with Gasteiger partial charge in [-0.3, -0.25) is 9.78 Å². The van der Waals surface area contributed by atoms with E-state index < -0.39 is 0 Å². The number of aryl methyl sites for hydroxylation is 1. The Labute approximate surface area is 140 Å². The van der Waals surface area contributed by atoms with Gasteiger partial charge in [0, 0.05) is 36.7 Å². The fraction of sp³-hybridized carbons (Fsp3) is 0.500. The highest BCUT2D eigenvalue weighted by Crippen LogP contribution is 2.27. The Kier molecular flexibility index (Phi) is 4.30. The molecule has 6 heteroatoms. The normalized spacial score (nSPS) is 19.9. The average molecular weight is 327 g/mol. The van der Waals surface area contributed by atoms with Gasteiger partial charge in [-0.25, -0.2) is 0 Å². The van der Waals surface area contributed by atoms with Crippen LogP contribution in [0.3, 0.4) is 0 Å². The van der Waals surface area contributed by atoms with Crippen molar-refractivity contribution < 1.29 is 14.1 Å². The summed E-state index contributed by atoms with van der Waals surface area (Å²) in [6.45, 7) is 1.30. The molecule has 0 saturated carbocycles. The number of fused-ring (bicyclic) bond motifs is 1. The van der Waals surface area contributed by atoms with Crippen LogP contribution in [0.2, 0.25) is 0 Å². The first-order valence-electron chi connectivity index (χ1n) is 8.64. The number of anilines is 1. The largest absolute Gasteiger partial charge is 0.376 e. The summed E-state index contributed by atoms with van der Waals surface area (Å²) in [5, 5.41) is 4.10. The van der Waals surface area contributed by atoms with Crippen molar-refractivity contribution in [3.05, 3.63) is 41.5 Å². The predicted molar refractivity (Wildman–Crippen MR) is 88.0 cm³/mol. The molecule has 2 aromatic rings. The van der Waals surface area contributed by atoms with Crippen LogP contribution in [0, 0.1) is 0 Å². The molecule has 1 saturated heterocycles. The summed E-state index contributed by atoms with van der Waals surface area (Å²) in [6.07, 6.45) is 9.40. The maximum absolute atomic E-state index is 13.2. The number of amides is 1. The highest BCUT2D eigenvalue weighted by Gasteiger charge is 2.30. The second-order valence-corrected chi connectivity index (χ2v) is 6.40. The lowest BCUT2D eigenvalue weighted by Crippen LogP contribution is -2.38. The third kappa shape index (κ3) is 2.94. The number of carbonyl (C=O) groups excluding carboxylic acids is 1. The van der Waals surface area contributed by atoms with E-state index in [1.54, 1.807) is 17.3 Å². The molecule has 4 rings (SSSR count). The quantitative estimate of drug-likeness (QED) is 0.864. The van der Waals surface area contributed by atoms with Gasteiger partial charge in [0.25, 0.3) is 5.91 Å². The van der Waals surface area contributed by atoms with Crippen LogP contribution in [0.4, 0.5) is 5.69 Å². The molecule has 2 aromatic heterocycles. The first-order chi connectivity index (χ1) is 11.8. The zero-order valence-corrected chi connectivity index (χ0v) is 13.6. The number of carbonyl (C=O) groups is 1. The molecule has 3 heterocycles. The van der Waals surface area contributed by atoms with Gasteiger partial charge in [0.1, 0.15) is 5.76 Å². The Bertz CT molecular complexity index is 708. The highest BCUT2D eigenvalue weighted by atomic mass is 16.5. The summed E-state index contributed by atoms with van der Waals surface area (Å²) in [7, 11) is 0. The minimum absolute atomic E-state index is 0.0739. The average Bonchev–Trinajstić information content (AvgIpc) is 3.29. The zero-order chi connectivity index (χ0) is 16.4. The molecule has 0 N–H and O–H groups in total. The van der Waals surface area contributed by atoms with Crippen molar-refractivity contribution in [1.82, 2.24) is 10.1 Å². The number of hydrogen-bond acceptors (Lipinski definition) is 5. The minimum atomic E-state index is -0.108. The molecule has 24 heavy (non-hydrogen) atoms. The standard InChI is InChI=1S/C18H21N3O3/c22-18(17-15-5-1-2-6-16(15)24-20-17)21(12-14-4-3-11-23-14)13-7-9-19-10-8-13/h7-10,14H,1-6,11-12H2/t14-/m1/s1. The number of ether oxygens (including phenoxy) is 1. The second kappa shape index (κ2) is 6.73. The van der Waals surface area contributed by atoms with Crippen molar-refractivity contribution in [2.24, 2.45) is 0 Å². The van der Waals surface area contributed by atoms with Crippen molar-refractivity contribution in [2.75, 3.05) is 18.1 Å². The van der Waals surface area contributed by atoms with Crippen molar-refractivity contribution in [1.29, 1.82) is 0 Å². The number of aromatic nitrogens is 2. The Hall–Kier alpha value is -2.21. The molecule has 1 amide bonds. The fourth-order valence-electron chi connectivity index (χ4n) is 3.50. The van der Waals surface area contributed by atoms with Crippen molar-refractivity contribution in [3.63, 3.8) is 0 Å². The maximum atomic E-state index is 13.2. The molecule has 0 radical (unpaired) electrons. The first kappa shape index (κ1) is 15.3. The van der Waals surface area contributed by atoms with E-state index in [9.17, 15) is 4.79 Å². The molecular weight excluding hydrogens is 306 g/mol. The van der Waals surface area contributed by atoms with Crippen molar-refractivity contribution in [2.45, 2.75) is 44.6 Å². The van der Waals surface area contributed by atoms with Crippen LogP contribution in [-0.4, -0.2) is 35.3 Å². The molecule has 0 aromatic carbocycles. The maximum Gasteiger partial charge on any atom is 0.280 e. The summed E-state index contributed by atoms with van der Waals surface area (Å²) < 4.78 is 11.2. The van der Waals surface area contributed by atoms with Crippen molar-refractivity contribution in [3.8, 4) is 0 Å². The molecule has 6 nitrogen and oxygen atoms in total. The third-order valence-electron chi connectivity index (χ3n) is 4.78. The van der Waals surface area contributed by atoms with Crippen LogP contribution < -0.4 is 4.90 Å². The van der Waals surface area contributed by atoms with E-state index >= 15 is 0 Å². The summed E-state index contributed by atoms with van der Waals surface area (Å²) in [4.78, 5) is 19.0. The molecule has 0 spiro atoms. The van der Waals surface area contributed by atoms with E-state index in [0.29, 0.717) is 12.2 Å². The van der Waals surface area contributed by atoms with Gasteiger partial charge < -0.3 is 14.2 Å². The van der Waals surface area contributed by atoms with Gasteiger partial charge in [0.2, 0.25) is 0 Å². The molecule has 1 aliphatic carbocycles. The fourth-order valence-corrected chi connectivity index (χ4v) is 3.50.